The van der Waals surface area contributed by atoms with Gasteiger partial charge in [-0.3, -0.25) is 9.68 Å². The van der Waals surface area contributed by atoms with E-state index < -0.39 is 5.97 Å². The molecule has 0 saturated heterocycles. The SMILES string of the molecule is O=Cc1ccc2c(c1)C(=O)OOC2. The van der Waals surface area contributed by atoms with E-state index in [2.05, 4.69) is 9.78 Å². The minimum Gasteiger partial charge on any atom is -0.298 e. The monoisotopic (exact) mass is 178 g/mol. The zero-order valence-corrected chi connectivity index (χ0v) is 6.65. The van der Waals surface area contributed by atoms with Crippen LogP contribution in [0.4, 0.5) is 0 Å². The number of hydrogen-bond donors (Lipinski definition) is 0. The Hall–Kier alpha value is -1.68. The van der Waals surface area contributed by atoms with Gasteiger partial charge >= 0.3 is 5.97 Å². The lowest BCUT2D eigenvalue weighted by Gasteiger charge is -2.13. The third kappa shape index (κ3) is 1.31. The van der Waals surface area contributed by atoms with Gasteiger partial charge in [0.05, 0.1) is 5.56 Å². The maximum Gasteiger partial charge on any atom is 0.373 e. The second-order valence-electron chi connectivity index (χ2n) is 2.67. The van der Waals surface area contributed by atoms with Crippen LogP contribution in [0.25, 0.3) is 0 Å². The number of hydrogen-bond acceptors (Lipinski definition) is 4. The maximum absolute atomic E-state index is 11.1. The molecule has 1 heterocycles. The van der Waals surface area contributed by atoms with E-state index in [0.717, 1.165) is 5.56 Å². The van der Waals surface area contributed by atoms with Crippen molar-refractivity contribution in [3.63, 3.8) is 0 Å². The molecule has 0 radical (unpaired) electrons. The Morgan fingerprint density at radius 3 is 3.00 bits per heavy atom. The Morgan fingerprint density at radius 2 is 2.23 bits per heavy atom. The molecule has 1 aliphatic rings. The highest BCUT2D eigenvalue weighted by molar-refractivity contribution is 5.93. The van der Waals surface area contributed by atoms with Crippen LogP contribution in [0.2, 0.25) is 0 Å². The van der Waals surface area contributed by atoms with Crippen LogP contribution in [0, 0.1) is 0 Å². The fraction of sp³-hybridized carbons (Fsp3) is 0.111. The van der Waals surface area contributed by atoms with E-state index in [1.165, 1.54) is 6.07 Å². The third-order valence-electron chi connectivity index (χ3n) is 1.84. The summed E-state index contributed by atoms with van der Waals surface area (Å²) in [5.41, 5.74) is 1.59. The van der Waals surface area contributed by atoms with Crippen LogP contribution in [0.5, 0.6) is 0 Å². The van der Waals surface area contributed by atoms with Gasteiger partial charge in [-0.15, -0.1) is 0 Å². The van der Waals surface area contributed by atoms with Crippen molar-refractivity contribution in [3.05, 3.63) is 34.9 Å². The number of fused-ring (bicyclic) bond motifs is 1. The van der Waals surface area contributed by atoms with Gasteiger partial charge in [0, 0.05) is 5.56 Å². The van der Waals surface area contributed by atoms with E-state index >= 15 is 0 Å². The van der Waals surface area contributed by atoms with Crippen LogP contribution in [0.15, 0.2) is 18.2 Å². The summed E-state index contributed by atoms with van der Waals surface area (Å²) in [7, 11) is 0. The van der Waals surface area contributed by atoms with Crippen molar-refractivity contribution < 1.29 is 19.4 Å². The first kappa shape index (κ1) is 7.94. The minimum atomic E-state index is -0.551. The standard InChI is InChI=1S/C9H6O4/c10-4-6-1-2-7-5-12-13-9(11)8(7)3-6/h1-4H,5H2. The van der Waals surface area contributed by atoms with E-state index in [9.17, 15) is 9.59 Å². The van der Waals surface area contributed by atoms with E-state index in [1.54, 1.807) is 12.1 Å². The summed E-state index contributed by atoms with van der Waals surface area (Å²) < 4.78 is 0. The number of benzene rings is 1. The van der Waals surface area contributed by atoms with Crippen LogP contribution in [-0.4, -0.2) is 12.3 Å². The molecule has 4 heteroatoms. The van der Waals surface area contributed by atoms with Gasteiger partial charge in [-0.2, -0.15) is 4.89 Å². The summed E-state index contributed by atoms with van der Waals surface area (Å²) in [6.45, 7) is 0.236. The topological polar surface area (TPSA) is 52.6 Å². The van der Waals surface area contributed by atoms with Gasteiger partial charge in [0.25, 0.3) is 0 Å². The molecule has 1 aliphatic heterocycles. The van der Waals surface area contributed by atoms with Gasteiger partial charge in [0.15, 0.2) is 0 Å². The molecule has 0 unspecified atom stereocenters. The Balaban J connectivity index is 2.53. The Labute approximate surface area is 74.0 Å². The lowest BCUT2D eigenvalue weighted by molar-refractivity contribution is -0.256. The zero-order valence-electron chi connectivity index (χ0n) is 6.65. The van der Waals surface area contributed by atoms with Crippen molar-refractivity contribution in [1.29, 1.82) is 0 Å². The van der Waals surface area contributed by atoms with Gasteiger partial charge in [-0.25, -0.2) is 4.79 Å². The molecule has 0 saturated carbocycles. The quantitative estimate of drug-likeness (QED) is 0.477. The van der Waals surface area contributed by atoms with Crippen molar-refractivity contribution >= 4 is 12.3 Å². The molecule has 13 heavy (non-hydrogen) atoms. The second-order valence-corrected chi connectivity index (χ2v) is 2.67. The molecular weight excluding hydrogens is 172 g/mol. The molecule has 2 rings (SSSR count). The average Bonchev–Trinajstić information content (AvgIpc) is 2.18. The molecule has 0 amide bonds. The van der Waals surface area contributed by atoms with Crippen LogP contribution < -0.4 is 0 Å². The van der Waals surface area contributed by atoms with Gasteiger partial charge in [-0.05, 0) is 11.6 Å². The van der Waals surface area contributed by atoms with Crippen LogP contribution in [0.3, 0.4) is 0 Å². The maximum atomic E-state index is 11.1. The van der Waals surface area contributed by atoms with Crippen LogP contribution in [0.1, 0.15) is 26.3 Å². The van der Waals surface area contributed by atoms with Gasteiger partial charge in [0.2, 0.25) is 0 Å². The zero-order chi connectivity index (χ0) is 9.26. The Morgan fingerprint density at radius 1 is 1.38 bits per heavy atom. The van der Waals surface area contributed by atoms with Crippen molar-refractivity contribution in [1.82, 2.24) is 0 Å². The fourth-order valence-corrected chi connectivity index (χ4v) is 1.17. The number of rotatable bonds is 1. The largest absolute Gasteiger partial charge is 0.373 e. The Kier molecular flexibility index (Phi) is 1.83. The first-order valence-corrected chi connectivity index (χ1v) is 3.73. The lowest BCUT2D eigenvalue weighted by atomic mass is 10.0. The molecule has 0 atom stereocenters. The Bertz CT molecular complexity index is 370. The predicted molar refractivity (Wildman–Crippen MR) is 42.0 cm³/mol. The summed E-state index contributed by atoms with van der Waals surface area (Å²) in [4.78, 5) is 30.4. The first-order valence-electron chi connectivity index (χ1n) is 3.73. The van der Waals surface area contributed by atoms with Gasteiger partial charge < -0.3 is 0 Å². The van der Waals surface area contributed by atoms with E-state index in [1.807, 2.05) is 0 Å². The van der Waals surface area contributed by atoms with Gasteiger partial charge in [-0.1, -0.05) is 12.1 Å². The number of carbonyl (C=O) groups excluding carboxylic acids is 2. The molecule has 0 bridgehead atoms. The van der Waals surface area contributed by atoms with Crippen LogP contribution >= 0.6 is 0 Å². The van der Waals surface area contributed by atoms with Crippen molar-refractivity contribution in [2.24, 2.45) is 0 Å². The minimum absolute atomic E-state index is 0.236. The summed E-state index contributed by atoms with van der Waals surface area (Å²) in [5.74, 6) is -0.551. The molecular formula is C9H6O4. The molecule has 0 aliphatic carbocycles. The highest BCUT2D eigenvalue weighted by Gasteiger charge is 2.19. The molecule has 0 aromatic heterocycles. The van der Waals surface area contributed by atoms with Crippen molar-refractivity contribution in [2.75, 3.05) is 0 Å². The number of carbonyl (C=O) groups is 2. The van der Waals surface area contributed by atoms with E-state index in [0.29, 0.717) is 17.4 Å². The normalized spacial score (nSPS) is 14.6. The molecule has 0 fully saturated rings. The molecule has 66 valence electrons. The van der Waals surface area contributed by atoms with Crippen molar-refractivity contribution in [3.8, 4) is 0 Å². The molecule has 1 aromatic rings. The predicted octanol–water partition coefficient (Wildman–Crippen LogP) is 1.10. The third-order valence-corrected chi connectivity index (χ3v) is 1.84. The second kappa shape index (κ2) is 2.99. The lowest BCUT2D eigenvalue weighted by Crippen LogP contribution is -2.15. The van der Waals surface area contributed by atoms with E-state index in [-0.39, 0.29) is 6.61 Å². The summed E-state index contributed by atoms with van der Waals surface area (Å²) >= 11 is 0. The molecule has 0 spiro atoms. The fourth-order valence-electron chi connectivity index (χ4n) is 1.17. The first-order chi connectivity index (χ1) is 6.31. The molecule has 0 N–H and O–H groups in total. The summed E-state index contributed by atoms with van der Waals surface area (Å²) in [6, 6.07) is 4.81. The smallest absolute Gasteiger partial charge is 0.298 e. The highest BCUT2D eigenvalue weighted by Crippen LogP contribution is 2.18. The van der Waals surface area contributed by atoms with Crippen molar-refractivity contribution in [2.45, 2.75) is 6.61 Å². The summed E-state index contributed by atoms with van der Waals surface area (Å²) in [5, 5.41) is 0. The highest BCUT2D eigenvalue weighted by atomic mass is 17.2. The molecule has 1 aromatic carbocycles. The molecule has 4 nitrogen and oxygen atoms in total. The average molecular weight is 178 g/mol. The summed E-state index contributed by atoms with van der Waals surface area (Å²) in [6.07, 6.45) is 0.684. The number of aldehydes is 1. The van der Waals surface area contributed by atoms with Crippen LogP contribution in [-0.2, 0) is 16.4 Å². The van der Waals surface area contributed by atoms with Gasteiger partial charge in [0.1, 0.15) is 12.9 Å². The van der Waals surface area contributed by atoms with E-state index in [4.69, 9.17) is 0 Å².